The van der Waals surface area contributed by atoms with Crippen molar-refractivity contribution < 1.29 is 20.4 Å². The van der Waals surface area contributed by atoms with Crippen LogP contribution in [0.15, 0.2) is 169 Å². The fraction of sp³-hybridized carbons (Fsp3) is 0.183. The van der Waals surface area contributed by atoms with Gasteiger partial charge in [0.2, 0.25) is 0 Å². The van der Waals surface area contributed by atoms with Crippen LogP contribution in [0.4, 0.5) is 11.4 Å². The SMILES string of the molecule is CCC/C(=N\C(NC(C)c1c(O)c(O)c(C)c(O)c1O)c1ccccc1)c1cccc(C2CC2)c1-c1ccc(-n2c3ccccc3c3cc(Nc4ccccc4-c4ccccc4)ccc32)cc1C. The van der Waals surface area contributed by atoms with Gasteiger partial charge in [-0.3, -0.25) is 10.3 Å². The number of anilines is 2. The van der Waals surface area contributed by atoms with Crippen molar-refractivity contribution in [1.82, 2.24) is 9.88 Å². The number of rotatable bonds is 14. The lowest BCUT2D eigenvalue weighted by Gasteiger charge is -2.25. The number of benzene rings is 8. The molecule has 0 spiro atoms. The minimum absolute atomic E-state index is 0.00363. The van der Waals surface area contributed by atoms with Gasteiger partial charge in [0.25, 0.3) is 0 Å². The summed E-state index contributed by atoms with van der Waals surface area (Å²) in [6, 6.07) is 56.9. The Hall–Kier alpha value is -7.81. The predicted molar refractivity (Wildman–Crippen MR) is 278 cm³/mol. The molecule has 10 rings (SSSR count). The van der Waals surface area contributed by atoms with Crippen molar-refractivity contribution in [1.29, 1.82) is 0 Å². The number of aromatic hydroxyl groups is 4. The van der Waals surface area contributed by atoms with Gasteiger partial charge in [-0.05, 0) is 122 Å². The fourth-order valence-corrected chi connectivity index (χ4v) is 9.93. The lowest BCUT2D eigenvalue weighted by Crippen LogP contribution is -2.25. The van der Waals surface area contributed by atoms with Gasteiger partial charge in [0.15, 0.2) is 23.0 Å². The molecule has 0 aliphatic heterocycles. The standard InChI is InChI=1S/C60H56N4O4/c1-5-17-50(63-60(41-20-10-7-11-21-41)61-38(4)54-58(67)56(65)37(3)57(66)59(54)68)48-25-16-24-46(40-28-29-40)55(48)44-32-31-43(34-36(44)2)64-52-27-15-13-23-47(52)49-35-42(30-33-53(49)64)62-51-26-14-12-22-45(51)39-18-8-6-9-19-39/h6-16,18-27,30-35,38,40,60-62,65-68H,5,17,28-29H2,1-4H3/b63-50+. The van der Waals surface area contributed by atoms with E-state index in [4.69, 9.17) is 4.99 Å². The third-order valence-corrected chi connectivity index (χ3v) is 13.5. The van der Waals surface area contributed by atoms with Gasteiger partial charge in [0.1, 0.15) is 6.17 Å². The van der Waals surface area contributed by atoms with Gasteiger partial charge in [0.05, 0.1) is 16.6 Å². The Labute approximate surface area is 397 Å². The monoisotopic (exact) mass is 896 g/mol. The highest BCUT2D eigenvalue weighted by Gasteiger charge is 2.31. The first-order valence-corrected chi connectivity index (χ1v) is 23.6. The number of hydrogen-bond donors (Lipinski definition) is 6. The molecule has 340 valence electrons. The van der Waals surface area contributed by atoms with Crippen molar-refractivity contribution >= 4 is 38.9 Å². The molecule has 6 N–H and O–H groups in total. The van der Waals surface area contributed by atoms with Crippen molar-refractivity contribution in [3.05, 3.63) is 197 Å². The van der Waals surface area contributed by atoms with Gasteiger partial charge < -0.3 is 30.3 Å². The fourth-order valence-electron chi connectivity index (χ4n) is 9.93. The van der Waals surface area contributed by atoms with Crippen molar-refractivity contribution in [3.63, 3.8) is 0 Å². The van der Waals surface area contributed by atoms with Gasteiger partial charge in [-0.15, -0.1) is 0 Å². The number of phenolic OH excluding ortho intramolecular Hbond substituents is 4. The Kier molecular flexibility index (Phi) is 12.0. The van der Waals surface area contributed by atoms with Crippen LogP contribution in [0.2, 0.25) is 0 Å². The summed E-state index contributed by atoms with van der Waals surface area (Å²) in [5, 5.41) is 53.0. The maximum Gasteiger partial charge on any atom is 0.166 e. The molecule has 1 aliphatic rings. The first-order chi connectivity index (χ1) is 33.1. The molecule has 1 aliphatic carbocycles. The number of hydrogen-bond acceptors (Lipinski definition) is 7. The third kappa shape index (κ3) is 8.22. The normalized spacial score (nSPS) is 13.8. The quantitative estimate of drug-likeness (QED) is 0.0367. The number of phenols is 4. The van der Waals surface area contributed by atoms with E-state index in [1.807, 2.05) is 36.4 Å². The molecular weight excluding hydrogens is 841 g/mol. The second kappa shape index (κ2) is 18.5. The molecular formula is C60H56N4O4. The van der Waals surface area contributed by atoms with Crippen LogP contribution >= 0.6 is 0 Å². The summed E-state index contributed by atoms with van der Waals surface area (Å²) < 4.78 is 2.38. The Morgan fingerprint density at radius 2 is 1.34 bits per heavy atom. The van der Waals surface area contributed by atoms with Crippen LogP contribution in [-0.2, 0) is 0 Å². The lowest BCUT2D eigenvalue weighted by atomic mass is 9.86. The van der Waals surface area contributed by atoms with Gasteiger partial charge in [-0.2, -0.15) is 0 Å². The molecule has 1 saturated carbocycles. The van der Waals surface area contributed by atoms with E-state index in [0.29, 0.717) is 12.3 Å². The zero-order chi connectivity index (χ0) is 47.1. The first-order valence-electron chi connectivity index (χ1n) is 23.6. The lowest BCUT2D eigenvalue weighted by molar-refractivity contribution is 0.348. The van der Waals surface area contributed by atoms with Crippen LogP contribution in [0.5, 0.6) is 23.0 Å². The van der Waals surface area contributed by atoms with Crippen molar-refractivity contribution in [2.75, 3.05) is 5.32 Å². The summed E-state index contributed by atoms with van der Waals surface area (Å²) in [6.45, 7) is 7.59. The minimum Gasteiger partial charge on any atom is -0.504 e. The molecule has 2 atom stereocenters. The van der Waals surface area contributed by atoms with Gasteiger partial charge in [-0.25, -0.2) is 0 Å². The Morgan fingerprint density at radius 1 is 0.662 bits per heavy atom. The van der Waals surface area contributed by atoms with Gasteiger partial charge in [-0.1, -0.05) is 135 Å². The highest BCUT2D eigenvalue weighted by atomic mass is 16.3. The van der Waals surface area contributed by atoms with E-state index in [0.717, 1.165) is 80.9 Å². The number of aryl methyl sites for hydroxylation is 1. The molecule has 1 heterocycles. The van der Waals surface area contributed by atoms with E-state index in [-0.39, 0.29) is 11.1 Å². The van der Waals surface area contributed by atoms with E-state index in [9.17, 15) is 20.4 Å². The van der Waals surface area contributed by atoms with E-state index in [1.54, 1.807) is 6.92 Å². The second-order valence-corrected chi connectivity index (χ2v) is 18.1. The summed E-state index contributed by atoms with van der Waals surface area (Å²) in [7, 11) is 0. The van der Waals surface area contributed by atoms with Crippen molar-refractivity contribution in [2.45, 2.75) is 71.5 Å². The molecule has 0 saturated heterocycles. The largest absolute Gasteiger partial charge is 0.504 e. The minimum atomic E-state index is -0.726. The zero-order valence-corrected chi connectivity index (χ0v) is 38.8. The smallest absolute Gasteiger partial charge is 0.166 e. The van der Waals surface area contributed by atoms with Crippen molar-refractivity contribution in [2.24, 2.45) is 4.99 Å². The summed E-state index contributed by atoms with van der Waals surface area (Å²) in [5.41, 5.74) is 15.5. The van der Waals surface area contributed by atoms with Crippen LogP contribution in [0.3, 0.4) is 0 Å². The summed E-state index contributed by atoms with van der Waals surface area (Å²) >= 11 is 0. The molecule has 1 fully saturated rings. The molecule has 8 aromatic carbocycles. The second-order valence-electron chi connectivity index (χ2n) is 18.1. The Bertz CT molecular complexity index is 3330. The summed E-state index contributed by atoms with van der Waals surface area (Å²) in [5.74, 6) is -1.45. The number of para-hydroxylation sites is 2. The molecule has 68 heavy (non-hydrogen) atoms. The van der Waals surface area contributed by atoms with E-state index in [2.05, 4.69) is 156 Å². The number of nitrogens with one attached hydrogen (secondary N) is 2. The van der Waals surface area contributed by atoms with E-state index >= 15 is 0 Å². The zero-order valence-electron chi connectivity index (χ0n) is 38.8. The maximum atomic E-state index is 11.0. The van der Waals surface area contributed by atoms with E-state index in [1.165, 1.54) is 34.4 Å². The molecule has 8 nitrogen and oxygen atoms in total. The van der Waals surface area contributed by atoms with Gasteiger partial charge in [0, 0.05) is 56.3 Å². The van der Waals surface area contributed by atoms with Crippen LogP contribution in [0.1, 0.15) is 91.0 Å². The van der Waals surface area contributed by atoms with Crippen LogP contribution in [0.25, 0.3) is 49.7 Å². The van der Waals surface area contributed by atoms with E-state index < -0.39 is 35.2 Å². The maximum absolute atomic E-state index is 11.0. The Balaban J connectivity index is 1.05. The topological polar surface area (TPSA) is 122 Å². The van der Waals surface area contributed by atoms with Gasteiger partial charge >= 0.3 is 0 Å². The molecule has 2 unspecified atom stereocenters. The summed E-state index contributed by atoms with van der Waals surface area (Å²) in [6.07, 6.45) is 3.23. The number of nitrogens with zero attached hydrogens (tertiary/aromatic N) is 2. The molecule has 0 bridgehead atoms. The van der Waals surface area contributed by atoms with Crippen LogP contribution < -0.4 is 10.6 Å². The highest BCUT2D eigenvalue weighted by Crippen LogP contribution is 2.50. The number of aromatic nitrogens is 1. The van der Waals surface area contributed by atoms with Crippen molar-refractivity contribution in [3.8, 4) is 50.9 Å². The van der Waals surface area contributed by atoms with Crippen LogP contribution in [0, 0.1) is 13.8 Å². The molecule has 0 amide bonds. The summed E-state index contributed by atoms with van der Waals surface area (Å²) in [4.78, 5) is 5.52. The molecule has 8 heteroatoms. The number of aliphatic imine (C=N–C) groups is 1. The Morgan fingerprint density at radius 3 is 2.06 bits per heavy atom. The molecule has 9 aromatic rings. The molecule has 0 radical (unpaired) electrons. The third-order valence-electron chi connectivity index (χ3n) is 13.5. The predicted octanol–water partition coefficient (Wildman–Crippen LogP) is 14.8. The highest BCUT2D eigenvalue weighted by molar-refractivity contribution is 6.11. The average molecular weight is 897 g/mol. The number of fused-ring (bicyclic) bond motifs is 3. The van der Waals surface area contributed by atoms with Crippen LogP contribution in [-0.4, -0.2) is 30.7 Å². The average Bonchev–Trinajstić information content (AvgIpc) is 4.17. The molecule has 1 aromatic heterocycles. The first kappa shape index (κ1) is 44.0.